The lowest BCUT2D eigenvalue weighted by Crippen LogP contribution is -2.58. The van der Waals surface area contributed by atoms with Gasteiger partial charge < -0.3 is 39.1 Å². The Morgan fingerprint density at radius 1 is 0.977 bits per heavy atom. The topological polar surface area (TPSA) is 148 Å². The molecule has 4 aromatic rings. The number of fused-ring (bicyclic) bond motifs is 1. The van der Waals surface area contributed by atoms with Crippen molar-refractivity contribution < 1.29 is 38.4 Å². The van der Waals surface area contributed by atoms with Crippen molar-refractivity contribution in [2.75, 3.05) is 32.6 Å². The number of amides is 2. The number of hydrogen-bond donors (Lipinski definition) is 3. The number of methoxy groups -OCH3 is 2. The molecule has 1 fully saturated rings. The predicted molar refractivity (Wildman–Crippen MR) is 159 cm³/mol. The van der Waals surface area contributed by atoms with Gasteiger partial charge in [0.05, 0.1) is 20.8 Å². The summed E-state index contributed by atoms with van der Waals surface area (Å²) in [7, 11) is 3.11. The average Bonchev–Trinajstić information content (AvgIpc) is 3.01. The number of piperidine rings is 1. The zero-order valence-electron chi connectivity index (χ0n) is 24.1. The van der Waals surface area contributed by atoms with Gasteiger partial charge in [-0.1, -0.05) is 12.1 Å². The van der Waals surface area contributed by atoms with Gasteiger partial charge in [0.1, 0.15) is 46.8 Å². The summed E-state index contributed by atoms with van der Waals surface area (Å²) in [6, 6.07) is 17.1. The SMILES string of the molecule is COc1cccc(-c2cc(C(=O)Nc3cc4ccc(O[C@@H]5CN(C(C)=O)C[C@@H](O)[C@H]5O)c(C)c4oc3=O)ccc2OC)c1. The number of β-amino-alcohol motifs (C(OH)–C–C–N with tert-alkyl or cyclic N) is 1. The van der Waals surface area contributed by atoms with Gasteiger partial charge in [0.15, 0.2) is 0 Å². The van der Waals surface area contributed by atoms with E-state index in [2.05, 4.69) is 5.32 Å². The van der Waals surface area contributed by atoms with Crippen LogP contribution in [0, 0.1) is 6.92 Å². The summed E-state index contributed by atoms with van der Waals surface area (Å²) in [4.78, 5) is 39.4. The van der Waals surface area contributed by atoms with Gasteiger partial charge in [0.2, 0.25) is 5.91 Å². The largest absolute Gasteiger partial charge is 0.497 e. The normalized spacial score (nSPS) is 18.3. The smallest absolute Gasteiger partial charge is 0.360 e. The highest BCUT2D eigenvalue weighted by Crippen LogP contribution is 2.34. The third-order valence-corrected chi connectivity index (χ3v) is 7.50. The third kappa shape index (κ3) is 6.04. The van der Waals surface area contributed by atoms with Gasteiger partial charge in [-0.05, 0) is 61.0 Å². The van der Waals surface area contributed by atoms with E-state index in [9.17, 15) is 24.6 Å². The van der Waals surface area contributed by atoms with Crippen LogP contribution in [-0.2, 0) is 4.79 Å². The maximum Gasteiger partial charge on any atom is 0.360 e. The predicted octanol–water partition coefficient (Wildman–Crippen LogP) is 3.37. The first-order chi connectivity index (χ1) is 20.6. The van der Waals surface area contributed by atoms with E-state index in [4.69, 9.17) is 18.6 Å². The number of carbonyl (C=O) groups excluding carboxylic acids is 2. The van der Waals surface area contributed by atoms with Crippen LogP contribution in [0.5, 0.6) is 17.2 Å². The maximum absolute atomic E-state index is 13.2. The maximum atomic E-state index is 13.2. The summed E-state index contributed by atoms with van der Waals surface area (Å²) >= 11 is 0. The molecule has 2 amide bonds. The highest BCUT2D eigenvalue weighted by Gasteiger charge is 2.37. The van der Waals surface area contributed by atoms with E-state index < -0.39 is 29.8 Å². The first kappa shape index (κ1) is 29.6. The van der Waals surface area contributed by atoms with Gasteiger partial charge in [0.25, 0.3) is 5.91 Å². The number of hydrogen-bond acceptors (Lipinski definition) is 9. The lowest BCUT2D eigenvalue weighted by molar-refractivity contribution is -0.144. The van der Waals surface area contributed by atoms with Crippen molar-refractivity contribution in [1.82, 2.24) is 4.90 Å². The van der Waals surface area contributed by atoms with Crippen molar-refractivity contribution in [2.24, 2.45) is 0 Å². The number of benzene rings is 3. The van der Waals surface area contributed by atoms with Crippen molar-refractivity contribution >= 4 is 28.5 Å². The lowest BCUT2D eigenvalue weighted by atomic mass is 10.0. The fourth-order valence-corrected chi connectivity index (χ4v) is 5.09. The Bertz CT molecular complexity index is 1750. The molecule has 1 aliphatic heterocycles. The van der Waals surface area contributed by atoms with E-state index >= 15 is 0 Å². The molecule has 1 saturated heterocycles. The summed E-state index contributed by atoms with van der Waals surface area (Å²) in [6.45, 7) is 3.16. The lowest BCUT2D eigenvalue weighted by Gasteiger charge is -2.38. The van der Waals surface area contributed by atoms with Crippen molar-refractivity contribution in [2.45, 2.75) is 32.2 Å². The van der Waals surface area contributed by atoms with Gasteiger partial charge in [0, 0.05) is 35.5 Å². The number of rotatable bonds is 7. The molecule has 5 rings (SSSR count). The van der Waals surface area contributed by atoms with Gasteiger partial charge in [-0.2, -0.15) is 0 Å². The van der Waals surface area contributed by atoms with Crippen molar-refractivity contribution in [3.63, 3.8) is 0 Å². The number of aliphatic hydroxyl groups excluding tert-OH is 2. The van der Waals surface area contributed by atoms with Gasteiger partial charge in [-0.25, -0.2) is 4.79 Å². The van der Waals surface area contributed by atoms with Crippen LogP contribution in [-0.4, -0.2) is 72.5 Å². The van der Waals surface area contributed by atoms with E-state index in [1.54, 1.807) is 51.5 Å². The van der Waals surface area contributed by atoms with Crippen molar-refractivity contribution in [3.05, 3.63) is 82.2 Å². The molecule has 0 unspecified atom stereocenters. The summed E-state index contributed by atoms with van der Waals surface area (Å²) < 4.78 is 22.4. The molecule has 1 aliphatic rings. The standard InChI is InChI=1S/C32H32N2O9/c1-17-26(42-28-16-34(18(2)35)15-25(36)29(28)37)10-8-20-14-24(32(39)43-30(17)20)33-31(38)21-9-11-27(41-4)23(13-21)19-6-5-7-22(12-19)40-3/h5-14,25,28-29,36-37H,15-16H2,1-4H3,(H,33,38)/t25-,28-,29-/m1/s1. The first-order valence-electron chi connectivity index (χ1n) is 13.6. The Morgan fingerprint density at radius 2 is 1.74 bits per heavy atom. The van der Waals surface area contributed by atoms with Crippen LogP contribution < -0.4 is 25.2 Å². The van der Waals surface area contributed by atoms with Gasteiger partial charge in [-0.3, -0.25) is 9.59 Å². The Morgan fingerprint density at radius 3 is 2.47 bits per heavy atom. The molecule has 0 spiro atoms. The number of aliphatic hydroxyl groups is 2. The summed E-state index contributed by atoms with van der Waals surface area (Å²) in [6.07, 6.45) is -3.26. The van der Waals surface area contributed by atoms with Crippen LogP contribution >= 0.6 is 0 Å². The number of ether oxygens (including phenoxy) is 3. The number of aryl methyl sites for hydroxylation is 1. The molecule has 3 aromatic carbocycles. The minimum Gasteiger partial charge on any atom is -0.497 e. The Balaban J connectivity index is 1.40. The van der Waals surface area contributed by atoms with E-state index in [1.807, 2.05) is 24.3 Å². The van der Waals surface area contributed by atoms with Gasteiger partial charge in [-0.15, -0.1) is 0 Å². The highest BCUT2D eigenvalue weighted by atomic mass is 16.5. The molecule has 0 radical (unpaired) electrons. The fourth-order valence-electron chi connectivity index (χ4n) is 5.09. The molecule has 224 valence electrons. The molecule has 1 aromatic heterocycles. The summed E-state index contributed by atoms with van der Waals surface area (Å²) in [5, 5.41) is 23.8. The molecule has 0 bridgehead atoms. The quantitative estimate of drug-likeness (QED) is 0.277. The molecule has 43 heavy (non-hydrogen) atoms. The minimum absolute atomic E-state index is 0.00920. The zero-order valence-corrected chi connectivity index (χ0v) is 24.1. The zero-order chi connectivity index (χ0) is 30.8. The van der Waals surface area contributed by atoms with E-state index in [1.165, 1.54) is 17.9 Å². The van der Waals surface area contributed by atoms with Crippen LogP contribution in [0.2, 0.25) is 0 Å². The summed E-state index contributed by atoms with van der Waals surface area (Å²) in [5.74, 6) is 0.763. The average molecular weight is 589 g/mol. The second-order valence-corrected chi connectivity index (χ2v) is 10.3. The Labute approximate surface area is 247 Å². The third-order valence-electron chi connectivity index (χ3n) is 7.50. The molecule has 0 aliphatic carbocycles. The molecule has 11 heteroatoms. The molecule has 3 atom stereocenters. The fraction of sp³-hybridized carbons (Fsp3) is 0.281. The van der Waals surface area contributed by atoms with Crippen LogP contribution in [0.1, 0.15) is 22.8 Å². The van der Waals surface area contributed by atoms with Crippen LogP contribution in [0.15, 0.2) is 69.9 Å². The Kier molecular flexibility index (Phi) is 8.38. The van der Waals surface area contributed by atoms with E-state index in [0.29, 0.717) is 39.3 Å². The number of nitrogens with zero attached hydrogens (tertiary/aromatic N) is 1. The van der Waals surface area contributed by atoms with E-state index in [0.717, 1.165) is 5.56 Å². The Hall–Kier alpha value is -4.87. The van der Waals surface area contributed by atoms with Crippen LogP contribution in [0.25, 0.3) is 22.1 Å². The monoisotopic (exact) mass is 588 g/mol. The number of carbonyl (C=O) groups is 2. The number of anilines is 1. The second-order valence-electron chi connectivity index (χ2n) is 10.3. The molecular formula is C32H32N2O9. The second kappa shape index (κ2) is 12.2. The van der Waals surface area contributed by atoms with Crippen molar-refractivity contribution in [1.29, 1.82) is 0 Å². The first-order valence-corrected chi connectivity index (χ1v) is 13.6. The highest BCUT2D eigenvalue weighted by molar-refractivity contribution is 6.05. The van der Waals surface area contributed by atoms with Gasteiger partial charge >= 0.3 is 5.63 Å². The van der Waals surface area contributed by atoms with E-state index in [-0.39, 0.29) is 30.3 Å². The molecule has 11 nitrogen and oxygen atoms in total. The summed E-state index contributed by atoms with van der Waals surface area (Å²) in [5.41, 5.74) is 1.65. The number of nitrogens with one attached hydrogen (secondary N) is 1. The van der Waals surface area contributed by atoms with Crippen LogP contribution in [0.3, 0.4) is 0 Å². The molecule has 2 heterocycles. The van der Waals surface area contributed by atoms with Crippen molar-refractivity contribution in [3.8, 4) is 28.4 Å². The number of likely N-dealkylation sites (tertiary alicyclic amines) is 1. The minimum atomic E-state index is -1.21. The molecule has 3 N–H and O–H groups in total. The molecular weight excluding hydrogens is 556 g/mol. The van der Waals surface area contributed by atoms with Crippen LogP contribution in [0.4, 0.5) is 5.69 Å². The molecule has 0 saturated carbocycles.